The molecule has 76 valence electrons. The van der Waals surface area contributed by atoms with Gasteiger partial charge in [-0.2, -0.15) is 0 Å². The molecule has 5 nitrogen and oxygen atoms in total. The van der Waals surface area contributed by atoms with Crippen LogP contribution in [0.2, 0.25) is 0 Å². The van der Waals surface area contributed by atoms with Gasteiger partial charge in [0.25, 0.3) is 0 Å². The first-order chi connectivity index (χ1) is 6.63. The predicted molar refractivity (Wildman–Crippen MR) is 51.4 cm³/mol. The molecule has 1 aromatic rings. The molecule has 0 spiro atoms. The monoisotopic (exact) mass is 195 g/mol. The fourth-order valence-corrected chi connectivity index (χ4v) is 0.911. The van der Waals surface area contributed by atoms with Crippen molar-refractivity contribution in [3.05, 3.63) is 18.5 Å². The average Bonchev–Trinajstić information content (AvgIpc) is 2.62. The van der Waals surface area contributed by atoms with Crippen LogP contribution in [0.5, 0.6) is 0 Å². The van der Waals surface area contributed by atoms with E-state index in [1.165, 1.54) is 7.11 Å². The number of ether oxygens (including phenoxy) is 1. The second-order valence-electron chi connectivity index (χ2n) is 2.97. The van der Waals surface area contributed by atoms with Crippen LogP contribution >= 0.6 is 0 Å². The first kappa shape index (κ1) is 10.4. The number of hydrogen-bond acceptors (Lipinski definition) is 4. The number of nitrogens with zero attached hydrogens (tertiary/aromatic N) is 3. The lowest BCUT2D eigenvalue weighted by atomic mass is 10.3. The zero-order chi connectivity index (χ0) is 10.6. The Morgan fingerprint density at radius 1 is 1.71 bits per heavy atom. The van der Waals surface area contributed by atoms with Crippen LogP contribution in [0.4, 0.5) is 0 Å². The molecule has 0 fully saturated rings. The molecule has 5 heteroatoms. The summed E-state index contributed by atoms with van der Waals surface area (Å²) in [7, 11) is 1.36. The molecule has 0 aliphatic heterocycles. The number of methoxy groups -OCH3 is 1. The molecule has 0 aliphatic carbocycles. The van der Waals surface area contributed by atoms with Crippen LogP contribution in [0.25, 0.3) is 5.57 Å². The maximum Gasteiger partial charge on any atom is 0.307 e. The van der Waals surface area contributed by atoms with Crippen LogP contribution in [0.1, 0.15) is 19.0 Å². The molecular weight excluding hydrogens is 182 g/mol. The van der Waals surface area contributed by atoms with E-state index >= 15 is 0 Å². The predicted octanol–water partition coefficient (Wildman–Crippen LogP) is 0.874. The quantitative estimate of drug-likeness (QED) is 0.669. The van der Waals surface area contributed by atoms with Crippen LogP contribution < -0.4 is 0 Å². The molecule has 0 saturated heterocycles. The van der Waals surface area contributed by atoms with E-state index in [2.05, 4.69) is 21.6 Å². The molecule has 0 bridgehead atoms. The van der Waals surface area contributed by atoms with E-state index in [1.54, 1.807) is 10.9 Å². The summed E-state index contributed by atoms with van der Waals surface area (Å²) in [6.07, 6.45) is 2.06. The van der Waals surface area contributed by atoms with E-state index in [4.69, 9.17) is 0 Å². The average molecular weight is 195 g/mol. The van der Waals surface area contributed by atoms with Crippen molar-refractivity contribution < 1.29 is 9.53 Å². The van der Waals surface area contributed by atoms with Crippen molar-refractivity contribution in [3.63, 3.8) is 0 Å². The van der Waals surface area contributed by atoms with Gasteiger partial charge in [-0.1, -0.05) is 11.8 Å². The SMILES string of the molecule is C=C(C)c1cn(CCC(=O)OC)nn1. The van der Waals surface area contributed by atoms with Crippen molar-refractivity contribution in [2.45, 2.75) is 19.9 Å². The number of carbonyl (C=O) groups excluding carboxylic acids is 1. The highest BCUT2D eigenvalue weighted by molar-refractivity contribution is 5.68. The minimum Gasteiger partial charge on any atom is -0.469 e. The fourth-order valence-electron chi connectivity index (χ4n) is 0.911. The number of esters is 1. The van der Waals surface area contributed by atoms with Gasteiger partial charge in [0.05, 0.1) is 26.3 Å². The van der Waals surface area contributed by atoms with Crippen molar-refractivity contribution >= 4 is 11.5 Å². The Balaban J connectivity index is 2.52. The molecule has 14 heavy (non-hydrogen) atoms. The third kappa shape index (κ3) is 2.69. The van der Waals surface area contributed by atoms with Crippen molar-refractivity contribution in [1.29, 1.82) is 0 Å². The largest absolute Gasteiger partial charge is 0.469 e. The van der Waals surface area contributed by atoms with E-state index in [9.17, 15) is 4.79 Å². The summed E-state index contributed by atoms with van der Waals surface area (Å²) < 4.78 is 6.11. The van der Waals surface area contributed by atoms with Gasteiger partial charge in [-0.15, -0.1) is 5.10 Å². The molecule has 1 rings (SSSR count). The first-order valence-electron chi connectivity index (χ1n) is 4.26. The third-order valence-electron chi connectivity index (χ3n) is 1.75. The van der Waals surface area contributed by atoms with Crippen molar-refractivity contribution in [3.8, 4) is 0 Å². The van der Waals surface area contributed by atoms with Gasteiger partial charge in [0.2, 0.25) is 0 Å². The minimum absolute atomic E-state index is 0.252. The number of rotatable bonds is 4. The maximum atomic E-state index is 10.8. The van der Waals surface area contributed by atoms with Gasteiger partial charge in [-0.3, -0.25) is 9.48 Å². The second-order valence-corrected chi connectivity index (χ2v) is 2.97. The fraction of sp³-hybridized carbons (Fsp3) is 0.444. The van der Waals surface area contributed by atoms with Crippen LogP contribution in [-0.4, -0.2) is 28.1 Å². The number of aryl methyl sites for hydroxylation is 1. The van der Waals surface area contributed by atoms with Crippen molar-refractivity contribution in [1.82, 2.24) is 15.0 Å². The van der Waals surface area contributed by atoms with Gasteiger partial charge >= 0.3 is 5.97 Å². The Hall–Kier alpha value is -1.65. The summed E-state index contributed by atoms with van der Waals surface area (Å²) in [4.78, 5) is 10.8. The van der Waals surface area contributed by atoms with Gasteiger partial charge in [0, 0.05) is 0 Å². The molecular formula is C9H13N3O2. The van der Waals surface area contributed by atoms with E-state index in [0.717, 1.165) is 11.3 Å². The van der Waals surface area contributed by atoms with E-state index < -0.39 is 0 Å². The molecule has 0 amide bonds. The summed E-state index contributed by atoms with van der Waals surface area (Å²) in [6.45, 7) is 6.08. The van der Waals surface area contributed by atoms with Crippen LogP contribution in [0, 0.1) is 0 Å². The molecule has 0 atom stereocenters. The highest BCUT2D eigenvalue weighted by Crippen LogP contribution is 2.05. The second kappa shape index (κ2) is 4.55. The zero-order valence-corrected chi connectivity index (χ0v) is 8.36. The lowest BCUT2D eigenvalue weighted by Crippen LogP contribution is -2.07. The topological polar surface area (TPSA) is 57.0 Å². The molecule has 0 radical (unpaired) electrons. The van der Waals surface area contributed by atoms with Crippen molar-refractivity contribution in [2.24, 2.45) is 0 Å². The highest BCUT2D eigenvalue weighted by Gasteiger charge is 2.04. The number of carbonyl (C=O) groups is 1. The van der Waals surface area contributed by atoms with Gasteiger partial charge in [-0.05, 0) is 12.5 Å². The molecule has 0 saturated carbocycles. The van der Waals surface area contributed by atoms with Crippen LogP contribution in [0.3, 0.4) is 0 Å². The highest BCUT2D eigenvalue weighted by atomic mass is 16.5. The van der Waals surface area contributed by atoms with E-state index in [1.807, 2.05) is 6.92 Å². The lowest BCUT2D eigenvalue weighted by Gasteiger charge is -1.98. The van der Waals surface area contributed by atoms with Crippen LogP contribution in [-0.2, 0) is 16.1 Å². The standard InChI is InChI=1S/C9H13N3O2/c1-7(2)8-6-12(11-10-8)5-4-9(13)14-3/h6H,1,4-5H2,2-3H3. The third-order valence-corrected chi connectivity index (χ3v) is 1.75. The number of allylic oxidation sites excluding steroid dienone is 1. The minimum atomic E-state index is -0.252. The zero-order valence-electron chi connectivity index (χ0n) is 8.36. The number of hydrogen-bond donors (Lipinski definition) is 0. The van der Waals surface area contributed by atoms with Gasteiger partial charge in [-0.25, -0.2) is 0 Å². The Kier molecular flexibility index (Phi) is 3.39. The smallest absolute Gasteiger partial charge is 0.307 e. The van der Waals surface area contributed by atoms with Gasteiger partial charge in [0.1, 0.15) is 5.69 Å². The van der Waals surface area contributed by atoms with E-state index in [0.29, 0.717) is 13.0 Å². The van der Waals surface area contributed by atoms with Gasteiger partial charge < -0.3 is 4.74 Å². The summed E-state index contributed by atoms with van der Waals surface area (Å²) in [5, 5.41) is 7.72. The molecule has 0 aromatic carbocycles. The summed E-state index contributed by atoms with van der Waals surface area (Å²) in [5.74, 6) is -0.252. The Bertz CT molecular complexity index is 344. The van der Waals surface area contributed by atoms with Crippen LogP contribution in [0.15, 0.2) is 12.8 Å². The Labute approximate surface area is 82.4 Å². The van der Waals surface area contributed by atoms with Crippen molar-refractivity contribution in [2.75, 3.05) is 7.11 Å². The van der Waals surface area contributed by atoms with Gasteiger partial charge in [0.15, 0.2) is 0 Å². The Morgan fingerprint density at radius 2 is 2.43 bits per heavy atom. The summed E-state index contributed by atoms with van der Waals surface area (Å²) in [6, 6.07) is 0. The molecule has 0 aliphatic rings. The first-order valence-corrected chi connectivity index (χ1v) is 4.26. The molecule has 0 N–H and O–H groups in total. The summed E-state index contributed by atoms with van der Waals surface area (Å²) in [5.41, 5.74) is 1.60. The van der Waals surface area contributed by atoms with E-state index in [-0.39, 0.29) is 5.97 Å². The summed E-state index contributed by atoms with van der Waals surface area (Å²) >= 11 is 0. The molecule has 1 aromatic heterocycles. The normalized spacial score (nSPS) is 9.86. The molecule has 0 unspecified atom stereocenters. The Morgan fingerprint density at radius 3 is 2.93 bits per heavy atom. The molecule has 1 heterocycles. The maximum absolute atomic E-state index is 10.8. The number of aromatic nitrogens is 3. The lowest BCUT2D eigenvalue weighted by molar-refractivity contribution is -0.140.